The van der Waals surface area contributed by atoms with Gasteiger partial charge in [0.2, 0.25) is 0 Å². The van der Waals surface area contributed by atoms with Crippen molar-refractivity contribution in [1.29, 1.82) is 0 Å². The number of hydrogen-bond acceptors (Lipinski definition) is 2. The van der Waals surface area contributed by atoms with Gasteiger partial charge in [0.1, 0.15) is 5.82 Å². The van der Waals surface area contributed by atoms with Crippen LogP contribution in [0.1, 0.15) is 12.5 Å². The van der Waals surface area contributed by atoms with E-state index in [2.05, 4.69) is 5.32 Å². The maximum absolute atomic E-state index is 13.2. The molecule has 78 valence electrons. The zero-order valence-corrected chi connectivity index (χ0v) is 8.68. The predicted molar refractivity (Wildman–Crippen MR) is 54.8 cm³/mol. The highest BCUT2D eigenvalue weighted by Crippen LogP contribution is 2.14. The van der Waals surface area contributed by atoms with E-state index in [4.69, 9.17) is 16.7 Å². The van der Waals surface area contributed by atoms with E-state index in [1.165, 1.54) is 6.07 Å². The molecule has 0 aliphatic carbocycles. The van der Waals surface area contributed by atoms with Gasteiger partial charge in [-0.3, -0.25) is 0 Å². The van der Waals surface area contributed by atoms with Gasteiger partial charge in [0.25, 0.3) is 0 Å². The van der Waals surface area contributed by atoms with Crippen LogP contribution < -0.4 is 5.32 Å². The molecule has 1 rings (SSSR count). The third-order valence-corrected chi connectivity index (χ3v) is 2.17. The molecule has 1 aromatic carbocycles. The summed E-state index contributed by atoms with van der Waals surface area (Å²) >= 11 is 5.61. The van der Waals surface area contributed by atoms with Crippen LogP contribution in [0.15, 0.2) is 18.2 Å². The Hall–Kier alpha value is -0.640. The molecule has 4 heteroatoms. The topological polar surface area (TPSA) is 32.3 Å². The van der Waals surface area contributed by atoms with Crippen molar-refractivity contribution in [3.63, 3.8) is 0 Å². The van der Waals surface area contributed by atoms with Crippen LogP contribution in [0.25, 0.3) is 0 Å². The van der Waals surface area contributed by atoms with Crippen molar-refractivity contribution in [1.82, 2.24) is 5.32 Å². The Morgan fingerprint density at radius 1 is 1.57 bits per heavy atom. The lowest BCUT2D eigenvalue weighted by Gasteiger charge is -2.10. The molecule has 0 heterocycles. The predicted octanol–water partition coefficient (Wildman–Crippen LogP) is 1.95. The summed E-state index contributed by atoms with van der Waals surface area (Å²) in [6.07, 6.45) is 0. The van der Waals surface area contributed by atoms with E-state index in [0.717, 1.165) is 0 Å². The molecule has 0 aliphatic rings. The maximum Gasteiger partial charge on any atom is 0.129 e. The number of benzene rings is 1. The molecule has 0 radical (unpaired) electrons. The van der Waals surface area contributed by atoms with Crippen LogP contribution in [-0.4, -0.2) is 17.8 Å². The fourth-order valence-corrected chi connectivity index (χ4v) is 1.17. The van der Waals surface area contributed by atoms with Crippen molar-refractivity contribution in [3.8, 4) is 0 Å². The molecule has 2 nitrogen and oxygen atoms in total. The van der Waals surface area contributed by atoms with Crippen molar-refractivity contribution in [3.05, 3.63) is 34.6 Å². The Balaban J connectivity index is 2.59. The van der Waals surface area contributed by atoms with Gasteiger partial charge in [-0.25, -0.2) is 4.39 Å². The molecule has 2 N–H and O–H groups in total. The molecular formula is C10H13ClFNO. The minimum Gasteiger partial charge on any atom is -0.395 e. The molecule has 0 bridgehead atoms. The van der Waals surface area contributed by atoms with Gasteiger partial charge in [-0.05, 0) is 19.1 Å². The summed E-state index contributed by atoms with van der Waals surface area (Å²) < 4.78 is 13.2. The molecule has 0 saturated carbocycles. The van der Waals surface area contributed by atoms with Crippen LogP contribution in [0.3, 0.4) is 0 Å². The quantitative estimate of drug-likeness (QED) is 0.808. The Morgan fingerprint density at radius 3 is 2.86 bits per heavy atom. The smallest absolute Gasteiger partial charge is 0.129 e. The molecule has 1 aromatic rings. The summed E-state index contributed by atoms with van der Waals surface area (Å²) in [5.41, 5.74) is 0.551. The molecule has 1 atom stereocenters. The SMILES string of the molecule is CC(CO)NCc1ccc(Cl)cc1F. The normalized spacial score (nSPS) is 12.9. The van der Waals surface area contributed by atoms with Gasteiger partial charge in [-0.1, -0.05) is 17.7 Å². The van der Waals surface area contributed by atoms with Gasteiger partial charge in [0.15, 0.2) is 0 Å². The van der Waals surface area contributed by atoms with Gasteiger partial charge in [-0.2, -0.15) is 0 Å². The van der Waals surface area contributed by atoms with Gasteiger partial charge in [0.05, 0.1) is 6.61 Å². The zero-order valence-electron chi connectivity index (χ0n) is 7.93. The Labute approximate surface area is 87.7 Å². The van der Waals surface area contributed by atoms with E-state index in [9.17, 15) is 4.39 Å². The van der Waals surface area contributed by atoms with E-state index in [1.807, 2.05) is 6.92 Å². The highest BCUT2D eigenvalue weighted by atomic mass is 35.5. The molecule has 14 heavy (non-hydrogen) atoms. The maximum atomic E-state index is 13.2. The summed E-state index contributed by atoms with van der Waals surface area (Å²) in [5.74, 6) is -0.324. The summed E-state index contributed by atoms with van der Waals surface area (Å²) in [6.45, 7) is 2.26. The minimum atomic E-state index is -0.324. The second-order valence-corrected chi connectivity index (χ2v) is 3.64. The average molecular weight is 218 g/mol. The summed E-state index contributed by atoms with van der Waals surface area (Å²) in [6, 6.07) is 4.52. The summed E-state index contributed by atoms with van der Waals surface area (Å²) in [4.78, 5) is 0. The summed E-state index contributed by atoms with van der Waals surface area (Å²) in [7, 11) is 0. The first-order valence-corrected chi connectivity index (χ1v) is 4.79. The second-order valence-electron chi connectivity index (χ2n) is 3.20. The first-order chi connectivity index (χ1) is 6.63. The van der Waals surface area contributed by atoms with Crippen LogP contribution in [0.2, 0.25) is 5.02 Å². The molecular weight excluding hydrogens is 205 g/mol. The first-order valence-electron chi connectivity index (χ1n) is 4.41. The molecule has 0 amide bonds. The molecule has 1 unspecified atom stereocenters. The fraction of sp³-hybridized carbons (Fsp3) is 0.400. The largest absolute Gasteiger partial charge is 0.395 e. The molecule has 0 saturated heterocycles. The van der Waals surface area contributed by atoms with Crippen LogP contribution in [0.5, 0.6) is 0 Å². The molecule has 0 aliphatic heterocycles. The van der Waals surface area contributed by atoms with Crippen molar-refractivity contribution in [2.45, 2.75) is 19.5 Å². The van der Waals surface area contributed by atoms with Crippen LogP contribution >= 0.6 is 11.6 Å². The third-order valence-electron chi connectivity index (χ3n) is 1.93. The van der Waals surface area contributed by atoms with E-state index >= 15 is 0 Å². The van der Waals surface area contributed by atoms with Crippen molar-refractivity contribution >= 4 is 11.6 Å². The number of nitrogens with one attached hydrogen (secondary N) is 1. The second kappa shape index (κ2) is 5.29. The average Bonchev–Trinajstić information content (AvgIpc) is 2.16. The monoisotopic (exact) mass is 217 g/mol. The third kappa shape index (κ3) is 3.25. The van der Waals surface area contributed by atoms with E-state index in [1.54, 1.807) is 12.1 Å². The van der Waals surface area contributed by atoms with Crippen molar-refractivity contribution in [2.75, 3.05) is 6.61 Å². The van der Waals surface area contributed by atoms with Crippen LogP contribution in [-0.2, 0) is 6.54 Å². The van der Waals surface area contributed by atoms with E-state index in [0.29, 0.717) is 17.1 Å². The molecule has 0 spiro atoms. The first kappa shape index (κ1) is 11.4. The van der Waals surface area contributed by atoms with Gasteiger partial charge >= 0.3 is 0 Å². The number of hydrogen-bond donors (Lipinski definition) is 2. The fourth-order valence-electron chi connectivity index (χ4n) is 1.01. The number of rotatable bonds is 4. The van der Waals surface area contributed by atoms with Gasteiger partial charge < -0.3 is 10.4 Å². The van der Waals surface area contributed by atoms with Crippen molar-refractivity contribution < 1.29 is 9.50 Å². The summed E-state index contributed by atoms with van der Waals surface area (Å²) in [5, 5.41) is 12.1. The Morgan fingerprint density at radius 2 is 2.29 bits per heavy atom. The standard InChI is InChI=1S/C10H13ClFNO/c1-7(6-14)13-5-8-2-3-9(11)4-10(8)12/h2-4,7,13-14H,5-6H2,1H3. The minimum absolute atomic E-state index is 0.0369. The Bertz CT molecular complexity index is 306. The number of halogens is 2. The lowest BCUT2D eigenvalue weighted by molar-refractivity contribution is 0.250. The molecule has 0 fully saturated rings. The van der Waals surface area contributed by atoms with Gasteiger partial charge in [0, 0.05) is 23.2 Å². The lowest BCUT2D eigenvalue weighted by Crippen LogP contribution is -2.28. The highest BCUT2D eigenvalue weighted by molar-refractivity contribution is 6.30. The number of aliphatic hydroxyl groups is 1. The molecule has 0 aromatic heterocycles. The van der Waals surface area contributed by atoms with Crippen LogP contribution in [0, 0.1) is 5.82 Å². The van der Waals surface area contributed by atoms with E-state index < -0.39 is 0 Å². The Kier molecular flexibility index (Phi) is 4.32. The lowest BCUT2D eigenvalue weighted by atomic mass is 10.2. The van der Waals surface area contributed by atoms with Gasteiger partial charge in [-0.15, -0.1) is 0 Å². The van der Waals surface area contributed by atoms with E-state index in [-0.39, 0.29) is 18.5 Å². The highest BCUT2D eigenvalue weighted by Gasteiger charge is 2.04. The zero-order chi connectivity index (χ0) is 10.6. The number of aliphatic hydroxyl groups excluding tert-OH is 1. The van der Waals surface area contributed by atoms with Crippen LogP contribution in [0.4, 0.5) is 4.39 Å². The van der Waals surface area contributed by atoms with Crippen molar-refractivity contribution in [2.24, 2.45) is 0 Å².